The van der Waals surface area contributed by atoms with Crippen LogP contribution >= 0.6 is 11.6 Å². The number of hydrogen-bond acceptors (Lipinski definition) is 6. The molecule has 0 fully saturated rings. The first-order valence-corrected chi connectivity index (χ1v) is 10.2. The Morgan fingerprint density at radius 1 is 1.09 bits per heavy atom. The fourth-order valence-electron chi connectivity index (χ4n) is 3.02. The topological polar surface area (TPSA) is 85.2 Å². The zero-order chi connectivity index (χ0) is 23.1. The predicted octanol–water partition coefficient (Wildman–Crippen LogP) is 4.78. The largest absolute Gasteiger partial charge is 0.508 e. The molecule has 0 aromatic heterocycles. The van der Waals surface area contributed by atoms with Crippen molar-refractivity contribution in [3.63, 3.8) is 0 Å². The lowest BCUT2D eigenvalue weighted by Crippen LogP contribution is -2.23. The first-order chi connectivity index (χ1) is 15.3. The zero-order valence-corrected chi connectivity index (χ0v) is 18.4. The third kappa shape index (κ3) is 6.43. The number of nitrogens with zero attached hydrogens (tertiary/aromatic N) is 1. The minimum absolute atomic E-state index is 0.138. The van der Waals surface area contributed by atoms with E-state index in [1.807, 2.05) is 13.0 Å². The summed E-state index contributed by atoms with van der Waals surface area (Å²) in [7, 11) is 1.30. The highest BCUT2D eigenvalue weighted by molar-refractivity contribution is 6.31. The van der Waals surface area contributed by atoms with E-state index < -0.39 is 18.0 Å². The number of esters is 2. The lowest BCUT2D eigenvalue weighted by atomic mass is 10.1. The summed E-state index contributed by atoms with van der Waals surface area (Å²) >= 11 is 6.19. The number of benzene rings is 3. The van der Waals surface area contributed by atoms with Crippen molar-refractivity contribution in [2.24, 2.45) is 4.99 Å². The number of aromatic hydroxyl groups is 1. The molecule has 164 valence electrons. The maximum absolute atomic E-state index is 12.4. The second kappa shape index (κ2) is 10.6. The second-order valence-electron chi connectivity index (χ2n) is 7.17. The molecule has 7 heteroatoms. The van der Waals surface area contributed by atoms with Crippen LogP contribution in [0.15, 0.2) is 71.7 Å². The first-order valence-electron chi connectivity index (χ1n) is 9.82. The van der Waals surface area contributed by atoms with E-state index in [0.29, 0.717) is 22.6 Å². The molecule has 0 spiro atoms. The molecule has 0 bridgehead atoms. The van der Waals surface area contributed by atoms with Crippen LogP contribution in [0, 0.1) is 6.92 Å². The minimum atomic E-state index is -0.790. The molecule has 3 rings (SSSR count). The Hall–Kier alpha value is -3.64. The van der Waals surface area contributed by atoms with Crippen molar-refractivity contribution in [3.8, 4) is 11.5 Å². The van der Waals surface area contributed by atoms with E-state index in [1.165, 1.54) is 19.4 Å². The van der Waals surface area contributed by atoms with E-state index in [4.69, 9.17) is 21.1 Å². The molecule has 0 heterocycles. The molecule has 0 aliphatic rings. The monoisotopic (exact) mass is 451 g/mol. The summed E-state index contributed by atoms with van der Waals surface area (Å²) in [6, 6.07) is 17.6. The van der Waals surface area contributed by atoms with Gasteiger partial charge in [-0.05, 0) is 60.5 Å². The van der Waals surface area contributed by atoms with Gasteiger partial charge in [-0.3, -0.25) is 4.99 Å². The molecule has 0 radical (unpaired) electrons. The Kier molecular flexibility index (Phi) is 7.63. The summed E-state index contributed by atoms with van der Waals surface area (Å²) in [5.74, 6) is -0.599. The van der Waals surface area contributed by atoms with Gasteiger partial charge in [-0.2, -0.15) is 0 Å². The van der Waals surface area contributed by atoms with Crippen LogP contribution < -0.4 is 4.74 Å². The average molecular weight is 452 g/mol. The Morgan fingerprint density at radius 2 is 1.84 bits per heavy atom. The summed E-state index contributed by atoms with van der Waals surface area (Å²) < 4.78 is 10.3. The predicted molar refractivity (Wildman–Crippen MR) is 123 cm³/mol. The van der Waals surface area contributed by atoms with E-state index in [0.717, 1.165) is 11.1 Å². The molecule has 0 saturated carbocycles. The van der Waals surface area contributed by atoms with Crippen LogP contribution in [0.5, 0.6) is 11.5 Å². The summed E-state index contributed by atoms with van der Waals surface area (Å²) in [4.78, 5) is 29.0. The van der Waals surface area contributed by atoms with Gasteiger partial charge >= 0.3 is 11.9 Å². The summed E-state index contributed by atoms with van der Waals surface area (Å²) in [5.41, 5.74) is 2.75. The Labute approximate surface area is 191 Å². The van der Waals surface area contributed by atoms with Crippen molar-refractivity contribution in [3.05, 3.63) is 94.0 Å². The van der Waals surface area contributed by atoms with Crippen LogP contribution in [0.25, 0.3) is 0 Å². The van der Waals surface area contributed by atoms with Crippen LogP contribution in [0.1, 0.15) is 27.0 Å². The molecule has 32 heavy (non-hydrogen) atoms. The molecule has 0 amide bonds. The highest BCUT2D eigenvalue weighted by atomic mass is 35.5. The van der Waals surface area contributed by atoms with Gasteiger partial charge in [-0.1, -0.05) is 41.4 Å². The van der Waals surface area contributed by atoms with Gasteiger partial charge in [0, 0.05) is 17.7 Å². The molecule has 0 aliphatic carbocycles. The summed E-state index contributed by atoms with van der Waals surface area (Å²) in [6.45, 7) is 1.89. The van der Waals surface area contributed by atoms with Crippen molar-refractivity contribution in [2.75, 3.05) is 7.11 Å². The number of hydrogen-bond donors (Lipinski definition) is 1. The number of phenolic OH excluding ortho intramolecular Hbond substituents is 1. The van der Waals surface area contributed by atoms with Gasteiger partial charge < -0.3 is 14.6 Å². The normalized spacial score (nSPS) is 11.8. The maximum Gasteiger partial charge on any atom is 0.343 e. The molecule has 0 saturated heterocycles. The fraction of sp³-hybridized carbons (Fsp3) is 0.160. The highest BCUT2D eigenvalue weighted by Gasteiger charge is 2.18. The number of halogens is 1. The van der Waals surface area contributed by atoms with Crippen molar-refractivity contribution in [2.45, 2.75) is 19.4 Å². The second-order valence-corrected chi connectivity index (χ2v) is 7.60. The Balaban J connectivity index is 1.78. The van der Waals surface area contributed by atoms with Gasteiger partial charge in [0.1, 0.15) is 11.5 Å². The minimum Gasteiger partial charge on any atom is -0.508 e. The van der Waals surface area contributed by atoms with E-state index >= 15 is 0 Å². The van der Waals surface area contributed by atoms with Crippen molar-refractivity contribution in [1.82, 2.24) is 0 Å². The highest BCUT2D eigenvalue weighted by Crippen LogP contribution is 2.22. The Bertz CT molecular complexity index is 1140. The van der Waals surface area contributed by atoms with E-state index in [-0.39, 0.29) is 11.5 Å². The molecule has 1 unspecified atom stereocenters. The number of aryl methyl sites for hydroxylation is 1. The van der Waals surface area contributed by atoms with Gasteiger partial charge in [0.2, 0.25) is 0 Å². The van der Waals surface area contributed by atoms with E-state index in [2.05, 4.69) is 4.99 Å². The Morgan fingerprint density at radius 3 is 2.53 bits per heavy atom. The molecule has 1 N–H and O–H groups in total. The maximum atomic E-state index is 12.4. The molecule has 1 atom stereocenters. The van der Waals surface area contributed by atoms with Crippen molar-refractivity contribution in [1.29, 1.82) is 0 Å². The zero-order valence-electron chi connectivity index (χ0n) is 17.6. The summed E-state index contributed by atoms with van der Waals surface area (Å²) in [5, 5.41) is 9.78. The van der Waals surface area contributed by atoms with Crippen molar-refractivity contribution >= 4 is 29.8 Å². The first kappa shape index (κ1) is 23.0. The SMILES string of the molecule is COC(=O)C(Cc1ccc(O)cc1)N=Cc1cc(Cl)cc(OC(=O)c2cccc(C)c2)c1. The molecule has 3 aromatic carbocycles. The van der Waals surface area contributed by atoms with Gasteiger partial charge in [0.15, 0.2) is 6.04 Å². The summed E-state index contributed by atoms with van der Waals surface area (Å²) in [6.07, 6.45) is 1.77. The third-order valence-electron chi connectivity index (χ3n) is 4.60. The number of rotatable bonds is 7. The van der Waals surface area contributed by atoms with Gasteiger partial charge in [-0.15, -0.1) is 0 Å². The van der Waals surface area contributed by atoms with Crippen molar-refractivity contribution < 1.29 is 24.2 Å². The lowest BCUT2D eigenvalue weighted by molar-refractivity contribution is -0.142. The molecule has 3 aromatic rings. The average Bonchev–Trinajstić information content (AvgIpc) is 2.77. The van der Waals surface area contributed by atoms with Crippen LogP contribution in [0.2, 0.25) is 5.02 Å². The molecule has 6 nitrogen and oxygen atoms in total. The third-order valence-corrected chi connectivity index (χ3v) is 4.82. The quantitative estimate of drug-likeness (QED) is 0.317. The van der Waals surface area contributed by atoms with Crippen LogP contribution in [0.4, 0.5) is 0 Å². The number of ether oxygens (including phenoxy) is 2. The number of aliphatic imine (C=N–C) groups is 1. The number of methoxy groups -OCH3 is 1. The van der Waals surface area contributed by atoms with Gasteiger partial charge in [-0.25, -0.2) is 9.59 Å². The lowest BCUT2D eigenvalue weighted by Gasteiger charge is -2.11. The molecular weight excluding hydrogens is 430 g/mol. The number of phenols is 1. The molecule has 0 aliphatic heterocycles. The van der Waals surface area contributed by atoms with Crippen LogP contribution in [0.3, 0.4) is 0 Å². The van der Waals surface area contributed by atoms with Crippen LogP contribution in [-0.4, -0.2) is 36.4 Å². The standard InChI is InChI=1S/C25H22ClNO5/c1-16-4-3-5-19(10-16)24(29)32-22-12-18(11-20(26)14-22)15-27-23(25(30)31-2)13-17-6-8-21(28)9-7-17/h3-12,14-15,23,28H,13H2,1-2H3. The van der Waals surface area contributed by atoms with Crippen LogP contribution in [-0.2, 0) is 16.0 Å². The van der Waals surface area contributed by atoms with E-state index in [1.54, 1.807) is 54.6 Å². The molecular formula is C25H22ClNO5. The number of carbonyl (C=O) groups is 2. The van der Waals surface area contributed by atoms with Gasteiger partial charge in [0.05, 0.1) is 12.7 Å². The van der Waals surface area contributed by atoms with Gasteiger partial charge in [0.25, 0.3) is 0 Å². The number of carbonyl (C=O) groups excluding carboxylic acids is 2. The fourth-order valence-corrected chi connectivity index (χ4v) is 3.25. The van der Waals surface area contributed by atoms with E-state index in [9.17, 15) is 14.7 Å². The smallest absolute Gasteiger partial charge is 0.343 e.